The van der Waals surface area contributed by atoms with Crippen LogP contribution in [0.4, 0.5) is 0 Å². The monoisotopic (exact) mass is 261 g/mol. The summed E-state index contributed by atoms with van der Waals surface area (Å²) in [4.78, 5) is 30.0. The molecule has 0 radical (unpaired) electrons. The van der Waals surface area contributed by atoms with E-state index in [9.17, 15) is 9.59 Å². The van der Waals surface area contributed by atoms with Crippen molar-refractivity contribution in [2.75, 3.05) is 6.54 Å². The second-order valence-electron chi connectivity index (χ2n) is 5.16. The highest BCUT2D eigenvalue weighted by molar-refractivity contribution is 5.97. The summed E-state index contributed by atoms with van der Waals surface area (Å²) in [7, 11) is 0. The molecule has 1 atom stereocenters. The van der Waals surface area contributed by atoms with Crippen molar-refractivity contribution in [3.05, 3.63) is 29.6 Å². The van der Waals surface area contributed by atoms with Crippen LogP contribution in [0.5, 0.6) is 0 Å². The number of nitrogens with zero attached hydrogens (tertiary/aromatic N) is 2. The molecule has 102 valence electrons. The minimum Gasteiger partial charge on any atom is -0.340 e. The summed E-state index contributed by atoms with van der Waals surface area (Å²) >= 11 is 0. The van der Waals surface area contributed by atoms with E-state index in [-0.39, 0.29) is 18.4 Å². The molecule has 0 aliphatic carbocycles. The fourth-order valence-corrected chi connectivity index (χ4v) is 2.23. The smallest absolute Gasteiger partial charge is 0.248 e. The standard InChI is InChI=1S/C14H19N3O2/c1-4-14(3)13(19)17(9-12(18)16-14)8-11-10(2)6-5-7-15-11/h5-7H,4,8-9H2,1-3H3,(H,16,18). The highest BCUT2D eigenvalue weighted by Gasteiger charge is 2.41. The summed E-state index contributed by atoms with van der Waals surface area (Å²) in [5.74, 6) is -0.155. The Bertz CT molecular complexity index is 515. The average Bonchev–Trinajstić information content (AvgIpc) is 2.38. The SMILES string of the molecule is CCC1(C)NC(=O)CN(Cc2ncccc2C)C1=O. The third-order valence-electron chi connectivity index (χ3n) is 3.67. The first-order valence-corrected chi connectivity index (χ1v) is 6.47. The van der Waals surface area contributed by atoms with Crippen molar-refractivity contribution in [2.24, 2.45) is 0 Å². The molecule has 1 N–H and O–H groups in total. The van der Waals surface area contributed by atoms with Crippen molar-refractivity contribution in [3.63, 3.8) is 0 Å². The van der Waals surface area contributed by atoms with E-state index < -0.39 is 5.54 Å². The zero-order valence-electron chi connectivity index (χ0n) is 11.6. The first kappa shape index (κ1) is 13.5. The molecular weight excluding hydrogens is 242 g/mol. The van der Waals surface area contributed by atoms with Gasteiger partial charge in [-0.15, -0.1) is 0 Å². The summed E-state index contributed by atoms with van der Waals surface area (Å²) in [5, 5.41) is 2.77. The summed E-state index contributed by atoms with van der Waals surface area (Å²) in [6.45, 7) is 6.10. The third-order valence-corrected chi connectivity index (χ3v) is 3.67. The molecule has 0 bridgehead atoms. The Hall–Kier alpha value is -1.91. The van der Waals surface area contributed by atoms with Crippen molar-refractivity contribution in [2.45, 2.75) is 39.3 Å². The molecule has 2 heterocycles. The van der Waals surface area contributed by atoms with Gasteiger partial charge in [-0.3, -0.25) is 14.6 Å². The number of rotatable bonds is 3. The van der Waals surface area contributed by atoms with Crippen LogP contribution in [0.1, 0.15) is 31.5 Å². The van der Waals surface area contributed by atoms with E-state index in [1.165, 1.54) is 0 Å². The van der Waals surface area contributed by atoms with Crippen LogP contribution in [0.25, 0.3) is 0 Å². The molecule has 2 amide bonds. The number of piperazine rings is 1. The van der Waals surface area contributed by atoms with Crippen LogP contribution in [0.15, 0.2) is 18.3 Å². The van der Waals surface area contributed by atoms with Crippen LogP contribution in [0.3, 0.4) is 0 Å². The van der Waals surface area contributed by atoms with E-state index in [0.717, 1.165) is 11.3 Å². The minimum absolute atomic E-state index is 0.0420. The molecule has 1 aliphatic rings. The van der Waals surface area contributed by atoms with Crippen LogP contribution in [-0.4, -0.2) is 33.8 Å². The number of aryl methyl sites for hydroxylation is 1. The van der Waals surface area contributed by atoms with Gasteiger partial charge in [0.05, 0.1) is 12.2 Å². The van der Waals surface area contributed by atoms with E-state index in [1.807, 2.05) is 26.0 Å². The zero-order valence-corrected chi connectivity index (χ0v) is 11.6. The lowest BCUT2D eigenvalue weighted by Crippen LogP contribution is -2.64. The van der Waals surface area contributed by atoms with Crippen LogP contribution >= 0.6 is 0 Å². The van der Waals surface area contributed by atoms with Crippen molar-refractivity contribution in [1.82, 2.24) is 15.2 Å². The number of carbonyl (C=O) groups excluding carboxylic acids is 2. The van der Waals surface area contributed by atoms with Gasteiger partial charge in [-0.25, -0.2) is 0 Å². The highest BCUT2D eigenvalue weighted by atomic mass is 16.2. The second-order valence-corrected chi connectivity index (χ2v) is 5.16. The van der Waals surface area contributed by atoms with Crippen molar-refractivity contribution in [1.29, 1.82) is 0 Å². The Balaban J connectivity index is 2.22. The van der Waals surface area contributed by atoms with E-state index >= 15 is 0 Å². The molecule has 19 heavy (non-hydrogen) atoms. The number of hydrogen-bond acceptors (Lipinski definition) is 3. The van der Waals surface area contributed by atoms with Crippen LogP contribution in [0.2, 0.25) is 0 Å². The highest BCUT2D eigenvalue weighted by Crippen LogP contribution is 2.19. The Morgan fingerprint density at radius 2 is 2.21 bits per heavy atom. The largest absolute Gasteiger partial charge is 0.340 e. The summed E-state index contributed by atoms with van der Waals surface area (Å²) in [6, 6.07) is 3.82. The molecule has 1 aliphatic heterocycles. The average molecular weight is 261 g/mol. The fraction of sp³-hybridized carbons (Fsp3) is 0.500. The van der Waals surface area contributed by atoms with Gasteiger partial charge in [0.25, 0.3) is 0 Å². The number of aromatic nitrogens is 1. The topological polar surface area (TPSA) is 62.3 Å². The Kier molecular flexibility index (Phi) is 3.55. The maximum Gasteiger partial charge on any atom is 0.248 e. The predicted molar refractivity (Wildman–Crippen MR) is 71.2 cm³/mol. The molecule has 5 nitrogen and oxygen atoms in total. The molecule has 1 fully saturated rings. The zero-order chi connectivity index (χ0) is 14.0. The fourth-order valence-electron chi connectivity index (χ4n) is 2.23. The molecule has 1 aromatic rings. The number of hydrogen-bond donors (Lipinski definition) is 1. The maximum atomic E-state index is 12.4. The second kappa shape index (κ2) is 4.99. The van der Waals surface area contributed by atoms with Gasteiger partial charge in [-0.2, -0.15) is 0 Å². The van der Waals surface area contributed by atoms with Gasteiger partial charge < -0.3 is 10.2 Å². The molecule has 1 aromatic heterocycles. The van der Waals surface area contributed by atoms with Crippen LogP contribution < -0.4 is 5.32 Å². The van der Waals surface area contributed by atoms with E-state index in [0.29, 0.717) is 13.0 Å². The lowest BCUT2D eigenvalue weighted by atomic mass is 9.94. The van der Waals surface area contributed by atoms with E-state index in [2.05, 4.69) is 10.3 Å². The van der Waals surface area contributed by atoms with Gasteiger partial charge >= 0.3 is 0 Å². The quantitative estimate of drug-likeness (QED) is 0.883. The Morgan fingerprint density at radius 1 is 1.47 bits per heavy atom. The van der Waals surface area contributed by atoms with Gasteiger partial charge in [-0.1, -0.05) is 13.0 Å². The summed E-state index contributed by atoms with van der Waals surface area (Å²) < 4.78 is 0. The van der Waals surface area contributed by atoms with E-state index in [4.69, 9.17) is 0 Å². The van der Waals surface area contributed by atoms with E-state index in [1.54, 1.807) is 18.0 Å². The van der Waals surface area contributed by atoms with Gasteiger partial charge in [0.15, 0.2) is 0 Å². The molecule has 1 unspecified atom stereocenters. The van der Waals surface area contributed by atoms with Crippen LogP contribution in [-0.2, 0) is 16.1 Å². The van der Waals surface area contributed by atoms with Gasteiger partial charge in [-0.05, 0) is 31.9 Å². The van der Waals surface area contributed by atoms with Crippen molar-refractivity contribution < 1.29 is 9.59 Å². The Labute approximate surface area is 113 Å². The van der Waals surface area contributed by atoms with Gasteiger partial charge in [0, 0.05) is 6.20 Å². The third kappa shape index (κ3) is 2.59. The number of carbonyl (C=O) groups is 2. The summed E-state index contributed by atoms with van der Waals surface area (Å²) in [5.41, 5.74) is 1.07. The Morgan fingerprint density at radius 3 is 2.84 bits per heavy atom. The van der Waals surface area contributed by atoms with Crippen molar-refractivity contribution in [3.8, 4) is 0 Å². The summed E-state index contributed by atoms with van der Waals surface area (Å²) in [6.07, 6.45) is 2.28. The number of nitrogens with one attached hydrogen (secondary N) is 1. The lowest BCUT2D eigenvalue weighted by molar-refractivity contribution is -0.150. The predicted octanol–water partition coefficient (Wildman–Crippen LogP) is 1.02. The number of amides is 2. The molecule has 2 rings (SSSR count). The number of pyridine rings is 1. The molecule has 0 aromatic carbocycles. The van der Waals surface area contributed by atoms with Gasteiger partial charge in [0.2, 0.25) is 11.8 Å². The molecule has 0 spiro atoms. The minimum atomic E-state index is -0.794. The molecular formula is C14H19N3O2. The van der Waals surface area contributed by atoms with Gasteiger partial charge in [0.1, 0.15) is 12.1 Å². The first-order chi connectivity index (χ1) is 8.96. The van der Waals surface area contributed by atoms with Crippen LogP contribution in [0, 0.1) is 6.92 Å². The first-order valence-electron chi connectivity index (χ1n) is 6.47. The normalized spacial score (nSPS) is 23.4. The molecule has 5 heteroatoms. The lowest BCUT2D eigenvalue weighted by Gasteiger charge is -2.39. The maximum absolute atomic E-state index is 12.4. The van der Waals surface area contributed by atoms with Crippen molar-refractivity contribution >= 4 is 11.8 Å². The molecule has 0 saturated carbocycles. The molecule has 1 saturated heterocycles.